The summed E-state index contributed by atoms with van der Waals surface area (Å²) < 4.78 is 11.9. The summed E-state index contributed by atoms with van der Waals surface area (Å²) in [6.45, 7) is 6.52. The van der Waals surface area contributed by atoms with Crippen LogP contribution in [0.1, 0.15) is 12.5 Å². The first kappa shape index (κ1) is 13.3. The van der Waals surface area contributed by atoms with E-state index in [0.29, 0.717) is 24.7 Å². The largest absolute Gasteiger partial charge is 0.490 e. The minimum atomic E-state index is -0.00217. The van der Waals surface area contributed by atoms with Gasteiger partial charge in [0.1, 0.15) is 6.61 Å². The molecule has 0 aliphatic rings. The van der Waals surface area contributed by atoms with Crippen LogP contribution in [0, 0.1) is 3.57 Å². The van der Waals surface area contributed by atoms with Crippen LogP contribution in [-0.2, 0) is 6.61 Å². The Kier molecular flexibility index (Phi) is 5.62. The number of aliphatic hydroxyl groups is 1. The average Bonchev–Trinajstić information content (AvgIpc) is 2.28. The quantitative estimate of drug-likeness (QED) is 0.642. The van der Waals surface area contributed by atoms with Gasteiger partial charge in [0.05, 0.1) is 16.8 Å². The molecule has 0 bridgehead atoms. The molecule has 0 radical (unpaired) electrons. The predicted molar refractivity (Wildman–Crippen MR) is 71.9 cm³/mol. The van der Waals surface area contributed by atoms with Crippen molar-refractivity contribution in [2.24, 2.45) is 0 Å². The molecule has 0 aromatic heterocycles. The number of hydrogen-bond donors (Lipinski definition) is 1. The summed E-state index contributed by atoms with van der Waals surface area (Å²) in [5.74, 6) is 1.37. The standard InChI is InChI=1S/C12H15IO3/c1-3-5-16-12-10(13)6-9(8-14)7-11(12)15-4-2/h3,6-7,14H,1,4-5,8H2,2H3. The highest BCUT2D eigenvalue weighted by atomic mass is 127. The SMILES string of the molecule is C=CCOc1c(I)cc(CO)cc1OCC. The van der Waals surface area contributed by atoms with Crippen molar-refractivity contribution in [3.8, 4) is 11.5 Å². The van der Waals surface area contributed by atoms with E-state index in [-0.39, 0.29) is 6.61 Å². The number of hydrogen-bond acceptors (Lipinski definition) is 3. The van der Waals surface area contributed by atoms with Crippen molar-refractivity contribution in [2.45, 2.75) is 13.5 Å². The molecule has 0 aliphatic heterocycles. The Hall–Kier alpha value is -0.750. The lowest BCUT2D eigenvalue weighted by atomic mass is 10.2. The van der Waals surface area contributed by atoms with Crippen LogP contribution in [0.5, 0.6) is 11.5 Å². The predicted octanol–water partition coefficient (Wildman–Crippen LogP) is 2.75. The van der Waals surface area contributed by atoms with E-state index < -0.39 is 0 Å². The van der Waals surface area contributed by atoms with Gasteiger partial charge in [-0.05, 0) is 47.2 Å². The van der Waals surface area contributed by atoms with Gasteiger partial charge in [0.2, 0.25) is 0 Å². The molecular formula is C12H15IO3. The molecule has 4 heteroatoms. The molecule has 3 nitrogen and oxygen atoms in total. The lowest BCUT2D eigenvalue weighted by molar-refractivity contribution is 0.275. The fourth-order valence-corrected chi connectivity index (χ4v) is 2.08. The van der Waals surface area contributed by atoms with Crippen LogP contribution >= 0.6 is 22.6 Å². The highest BCUT2D eigenvalue weighted by Gasteiger charge is 2.11. The number of halogens is 1. The van der Waals surface area contributed by atoms with Crippen LogP contribution in [0.25, 0.3) is 0 Å². The Balaban J connectivity index is 3.05. The van der Waals surface area contributed by atoms with Crippen LogP contribution < -0.4 is 9.47 Å². The molecule has 88 valence electrons. The van der Waals surface area contributed by atoms with Crippen molar-refractivity contribution in [2.75, 3.05) is 13.2 Å². The maximum absolute atomic E-state index is 9.11. The van der Waals surface area contributed by atoms with Crippen molar-refractivity contribution in [3.63, 3.8) is 0 Å². The molecular weight excluding hydrogens is 319 g/mol. The monoisotopic (exact) mass is 334 g/mol. The molecule has 0 aliphatic carbocycles. The lowest BCUT2D eigenvalue weighted by Gasteiger charge is -2.13. The van der Waals surface area contributed by atoms with Crippen LogP contribution in [0.15, 0.2) is 24.8 Å². The normalized spacial score (nSPS) is 9.94. The molecule has 1 N–H and O–H groups in total. The van der Waals surface area contributed by atoms with Gasteiger partial charge in [0.25, 0.3) is 0 Å². The molecule has 0 heterocycles. The average molecular weight is 334 g/mol. The second-order valence-corrected chi connectivity index (χ2v) is 4.26. The molecule has 1 aromatic rings. The van der Waals surface area contributed by atoms with E-state index in [4.69, 9.17) is 14.6 Å². The van der Waals surface area contributed by atoms with E-state index in [1.165, 1.54) is 0 Å². The zero-order chi connectivity index (χ0) is 12.0. The van der Waals surface area contributed by atoms with Gasteiger partial charge in [-0.25, -0.2) is 0 Å². The zero-order valence-corrected chi connectivity index (χ0v) is 11.4. The Bertz CT molecular complexity index is 364. The maximum Gasteiger partial charge on any atom is 0.174 e. The van der Waals surface area contributed by atoms with Crippen molar-refractivity contribution >= 4 is 22.6 Å². The van der Waals surface area contributed by atoms with Crippen LogP contribution in [0.2, 0.25) is 0 Å². The lowest BCUT2D eigenvalue weighted by Crippen LogP contribution is -2.02. The minimum Gasteiger partial charge on any atom is -0.490 e. The molecule has 1 aromatic carbocycles. The van der Waals surface area contributed by atoms with E-state index in [0.717, 1.165) is 9.13 Å². The first-order chi connectivity index (χ1) is 7.72. The van der Waals surface area contributed by atoms with Gasteiger partial charge in [0, 0.05) is 0 Å². The van der Waals surface area contributed by atoms with Gasteiger partial charge in [-0.3, -0.25) is 0 Å². The van der Waals surface area contributed by atoms with Gasteiger partial charge in [0.15, 0.2) is 11.5 Å². The number of rotatable bonds is 6. The summed E-state index contributed by atoms with van der Waals surface area (Å²) in [6.07, 6.45) is 1.69. The highest BCUT2D eigenvalue weighted by molar-refractivity contribution is 14.1. The Morgan fingerprint density at radius 2 is 2.19 bits per heavy atom. The van der Waals surface area contributed by atoms with Crippen molar-refractivity contribution in [3.05, 3.63) is 33.9 Å². The van der Waals surface area contributed by atoms with Crippen molar-refractivity contribution in [1.82, 2.24) is 0 Å². The number of benzene rings is 1. The van der Waals surface area contributed by atoms with Gasteiger partial charge >= 0.3 is 0 Å². The van der Waals surface area contributed by atoms with E-state index in [9.17, 15) is 0 Å². The molecule has 16 heavy (non-hydrogen) atoms. The fourth-order valence-electron chi connectivity index (χ4n) is 1.26. The molecule has 0 saturated carbocycles. The topological polar surface area (TPSA) is 38.7 Å². The van der Waals surface area contributed by atoms with E-state index >= 15 is 0 Å². The highest BCUT2D eigenvalue weighted by Crippen LogP contribution is 2.34. The molecule has 0 amide bonds. The third kappa shape index (κ3) is 3.38. The molecule has 0 fully saturated rings. The summed E-state index contributed by atoms with van der Waals surface area (Å²) in [7, 11) is 0. The first-order valence-corrected chi connectivity index (χ1v) is 6.10. The van der Waals surface area contributed by atoms with Crippen LogP contribution in [0.4, 0.5) is 0 Å². The summed E-state index contributed by atoms with van der Waals surface area (Å²) in [6, 6.07) is 3.67. The van der Waals surface area contributed by atoms with Gasteiger partial charge in [-0.15, -0.1) is 0 Å². The summed E-state index contributed by atoms with van der Waals surface area (Å²) in [4.78, 5) is 0. The number of aliphatic hydroxyl groups excluding tert-OH is 1. The van der Waals surface area contributed by atoms with Crippen molar-refractivity contribution < 1.29 is 14.6 Å². The van der Waals surface area contributed by atoms with Gasteiger partial charge < -0.3 is 14.6 Å². The Labute approximate surface area is 109 Å². The fraction of sp³-hybridized carbons (Fsp3) is 0.333. The maximum atomic E-state index is 9.11. The smallest absolute Gasteiger partial charge is 0.174 e. The third-order valence-electron chi connectivity index (χ3n) is 1.90. The minimum absolute atomic E-state index is 0.00217. The third-order valence-corrected chi connectivity index (χ3v) is 2.70. The Morgan fingerprint density at radius 3 is 2.75 bits per heavy atom. The first-order valence-electron chi connectivity index (χ1n) is 5.02. The van der Waals surface area contributed by atoms with Crippen LogP contribution in [0.3, 0.4) is 0 Å². The number of ether oxygens (including phenoxy) is 2. The van der Waals surface area contributed by atoms with E-state index in [1.807, 2.05) is 13.0 Å². The second-order valence-electron chi connectivity index (χ2n) is 3.10. The van der Waals surface area contributed by atoms with Gasteiger partial charge in [-0.1, -0.05) is 12.7 Å². The molecule has 0 saturated heterocycles. The molecule has 0 unspecified atom stereocenters. The van der Waals surface area contributed by atoms with Gasteiger partial charge in [-0.2, -0.15) is 0 Å². The van der Waals surface area contributed by atoms with Crippen molar-refractivity contribution in [1.29, 1.82) is 0 Å². The van der Waals surface area contributed by atoms with E-state index in [2.05, 4.69) is 29.2 Å². The Morgan fingerprint density at radius 1 is 1.44 bits per heavy atom. The summed E-state index contributed by atoms with van der Waals surface area (Å²) >= 11 is 2.16. The molecule has 1 rings (SSSR count). The molecule has 0 spiro atoms. The van der Waals surface area contributed by atoms with Crippen LogP contribution in [-0.4, -0.2) is 18.3 Å². The summed E-state index contributed by atoms with van der Waals surface area (Å²) in [5, 5.41) is 9.11. The molecule has 0 atom stereocenters. The second kappa shape index (κ2) is 6.75. The zero-order valence-electron chi connectivity index (χ0n) is 9.20. The van der Waals surface area contributed by atoms with E-state index in [1.54, 1.807) is 12.1 Å². The summed E-state index contributed by atoms with van der Waals surface area (Å²) in [5.41, 5.74) is 0.818.